The zero-order chi connectivity index (χ0) is 21.1. The molecule has 0 aliphatic carbocycles. The van der Waals surface area contributed by atoms with Gasteiger partial charge >= 0.3 is 0 Å². The highest BCUT2D eigenvalue weighted by Crippen LogP contribution is 2.48. The Hall–Kier alpha value is -2.38. The lowest BCUT2D eigenvalue weighted by Gasteiger charge is -2.17. The van der Waals surface area contributed by atoms with Crippen LogP contribution in [0.2, 0.25) is 5.02 Å². The van der Waals surface area contributed by atoms with Crippen LogP contribution in [0.1, 0.15) is 18.1 Å². The van der Waals surface area contributed by atoms with Crippen molar-refractivity contribution >= 4 is 21.4 Å². The van der Waals surface area contributed by atoms with Crippen molar-refractivity contribution in [1.29, 1.82) is 0 Å². The molecule has 6 nitrogen and oxygen atoms in total. The highest BCUT2D eigenvalue weighted by atomic mass is 35.5. The van der Waals surface area contributed by atoms with Gasteiger partial charge in [-0.15, -0.1) is 0 Å². The average Bonchev–Trinajstić information content (AvgIpc) is 2.64. The van der Waals surface area contributed by atoms with Crippen LogP contribution in [0.4, 0.5) is 0 Å². The molecule has 8 heteroatoms. The minimum absolute atomic E-state index is 0.0282. The van der Waals surface area contributed by atoms with Gasteiger partial charge in [0.2, 0.25) is 11.5 Å². The van der Waals surface area contributed by atoms with Crippen LogP contribution in [0.3, 0.4) is 0 Å². The molecule has 0 atom stereocenters. The molecule has 0 radical (unpaired) electrons. The maximum atomic E-state index is 12.5. The number of hydrogen-bond donors (Lipinski definition) is 2. The molecule has 0 unspecified atom stereocenters. The Labute approximate surface area is 169 Å². The number of hydrogen-bond acceptors (Lipinski definition) is 6. The summed E-state index contributed by atoms with van der Waals surface area (Å²) >= 11 is 5.80. The predicted octanol–water partition coefficient (Wildman–Crippen LogP) is 4.04. The molecular formula is C20H23ClO6S. The SMILES string of the molecule is COc1c(O)c(C)c(CC=C(C)CS(=O)(=O)c2ccc(Cl)cc2)c(O)c1OC. The first-order valence-corrected chi connectivity index (χ1v) is 10.4. The fourth-order valence-corrected chi connectivity index (χ4v) is 4.39. The lowest BCUT2D eigenvalue weighted by Crippen LogP contribution is -2.08. The first-order valence-electron chi connectivity index (χ1n) is 8.41. The molecule has 28 heavy (non-hydrogen) atoms. The van der Waals surface area contributed by atoms with Gasteiger partial charge in [-0.25, -0.2) is 8.42 Å². The third kappa shape index (κ3) is 4.54. The molecule has 2 N–H and O–H groups in total. The number of aromatic hydroxyl groups is 2. The lowest BCUT2D eigenvalue weighted by molar-refractivity contribution is 0.314. The Balaban J connectivity index is 2.30. The summed E-state index contributed by atoms with van der Waals surface area (Å²) < 4.78 is 35.3. The minimum Gasteiger partial charge on any atom is -0.504 e. The van der Waals surface area contributed by atoms with Gasteiger partial charge < -0.3 is 19.7 Å². The van der Waals surface area contributed by atoms with Crippen LogP contribution >= 0.6 is 11.6 Å². The van der Waals surface area contributed by atoms with Crippen LogP contribution in [0.15, 0.2) is 40.8 Å². The molecule has 2 aromatic carbocycles. The molecule has 0 bridgehead atoms. The van der Waals surface area contributed by atoms with Gasteiger partial charge in [0.1, 0.15) is 0 Å². The van der Waals surface area contributed by atoms with E-state index in [0.717, 1.165) is 0 Å². The topological polar surface area (TPSA) is 93.1 Å². The summed E-state index contributed by atoms with van der Waals surface area (Å²) in [6.07, 6.45) is 1.91. The zero-order valence-electron chi connectivity index (χ0n) is 16.1. The minimum atomic E-state index is -3.52. The second-order valence-corrected chi connectivity index (χ2v) is 8.76. The van der Waals surface area contributed by atoms with E-state index in [-0.39, 0.29) is 40.1 Å². The van der Waals surface area contributed by atoms with Crippen LogP contribution in [0.5, 0.6) is 23.0 Å². The maximum absolute atomic E-state index is 12.5. The van der Waals surface area contributed by atoms with Crippen LogP contribution in [-0.4, -0.2) is 38.6 Å². The zero-order valence-corrected chi connectivity index (χ0v) is 17.7. The molecule has 2 aromatic rings. The van der Waals surface area contributed by atoms with Crippen molar-refractivity contribution in [3.05, 3.63) is 52.1 Å². The second kappa shape index (κ2) is 8.75. The first kappa shape index (κ1) is 21.9. The van der Waals surface area contributed by atoms with E-state index in [9.17, 15) is 18.6 Å². The fraction of sp³-hybridized carbons (Fsp3) is 0.300. The molecule has 2 rings (SSSR count). The third-order valence-corrected chi connectivity index (χ3v) is 6.46. The van der Waals surface area contributed by atoms with Crippen molar-refractivity contribution in [1.82, 2.24) is 0 Å². The van der Waals surface area contributed by atoms with Crippen LogP contribution < -0.4 is 9.47 Å². The third-order valence-electron chi connectivity index (χ3n) is 4.38. The largest absolute Gasteiger partial charge is 0.504 e. The van der Waals surface area contributed by atoms with E-state index >= 15 is 0 Å². The van der Waals surface area contributed by atoms with Crippen molar-refractivity contribution in [3.63, 3.8) is 0 Å². The quantitative estimate of drug-likeness (QED) is 0.512. The number of benzene rings is 2. The average molecular weight is 427 g/mol. The highest BCUT2D eigenvalue weighted by Gasteiger charge is 2.23. The summed E-state index contributed by atoms with van der Waals surface area (Å²) in [5.41, 5.74) is 1.46. The summed E-state index contributed by atoms with van der Waals surface area (Å²) in [5, 5.41) is 21.2. The van der Waals surface area contributed by atoms with Gasteiger partial charge in [-0.05, 0) is 44.5 Å². The molecule has 0 heterocycles. The Morgan fingerprint density at radius 2 is 1.61 bits per heavy atom. The number of rotatable bonds is 7. The van der Waals surface area contributed by atoms with E-state index in [4.69, 9.17) is 21.1 Å². The van der Waals surface area contributed by atoms with Crippen molar-refractivity contribution < 1.29 is 28.1 Å². The van der Waals surface area contributed by atoms with Crippen LogP contribution in [-0.2, 0) is 16.3 Å². The Morgan fingerprint density at radius 3 is 2.14 bits per heavy atom. The molecule has 0 aliphatic heterocycles. The molecule has 0 saturated carbocycles. The summed E-state index contributed by atoms with van der Waals surface area (Å²) in [5.74, 6) is -0.382. The molecule has 0 aliphatic rings. The van der Waals surface area contributed by atoms with Gasteiger partial charge in [0.05, 0.1) is 24.9 Å². The van der Waals surface area contributed by atoms with E-state index < -0.39 is 9.84 Å². The number of halogens is 1. The lowest BCUT2D eigenvalue weighted by atomic mass is 10.0. The summed E-state index contributed by atoms with van der Waals surface area (Å²) in [6.45, 7) is 3.33. The van der Waals surface area contributed by atoms with Crippen molar-refractivity contribution in [2.24, 2.45) is 0 Å². The molecular weight excluding hydrogens is 404 g/mol. The molecule has 0 aromatic heterocycles. The summed E-state index contributed by atoms with van der Waals surface area (Å²) in [7, 11) is -0.796. The van der Waals surface area contributed by atoms with Crippen molar-refractivity contribution in [3.8, 4) is 23.0 Å². The van der Waals surface area contributed by atoms with Gasteiger partial charge in [0, 0.05) is 16.1 Å². The first-order chi connectivity index (χ1) is 13.1. The summed E-state index contributed by atoms with van der Waals surface area (Å²) in [4.78, 5) is 0.187. The Kier molecular flexibility index (Phi) is 6.85. The summed E-state index contributed by atoms with van der Waals surface area (Å²) in [6, 6.07) is 5.99. The number of phenols is 2. The monoisotopic (exact) mass is 426 g/mol. The molecule has 152 valence electrons. The predicted molar refractivity (Wildman–Crippen MR) is 109 cm³/mol. The van der Waals surface area contributed by atoms with E-state index in [1.165, 1.54) is 38.5 Å². The van der Waals surface area contributed by atoms with E-state index in [1.54, 1.807) is 19.9 Å². The van der Waals surface area contributed by atoms with Gasteiger partial charge in [-0.3, -0.25) is 0 Å². The Bertz CT molecular complexity index is 995. The normalized spacial score (nSPS) is 12.1. The van der Waals surface area contributed by atoms with Gasteiger partial charge in [0.25, 0.3) is 0 Å². The molecule has 0 amide bonds. The van der Waals surface area contributed by atoms with E-state index in [1.807, 2.05) is 0 Å². The van der Waals surface area contributed by atoms with Crippen LogP contribution in [0.25, 0.3) is 0 Å². The van der Waals surface area contributed by atoms with Crippen molar-refractivity contribution in [2.45, 2.75) is 25.2 Å². The van der Waals surface area contributed by atoms with Crippen LogP contribution in [0, 0.1) is 6.92 Å². The maximum Gasteiger partial charge on any atom is 0.207 e. The molecule has 0 spiro atoms. The second-order valence-electron chi connectivity index (χ2n) is 6.33. The fourth-order valence-electron chi connectivity index (χ4n) is 2.83. The number of methoxy groups -OCH3 is 2. The molecule has 0 fully saturated rings. The number of sulfone groups is 1. The number of allylic oxidation sites excluding steroid dienone is 1. The highest BCUT2D eigenvalue weighted by molar-refractivity contribution is 7.91. The van der Waals surface area contributed by atoms with Gasteiger partial charge in [-0.1, -0.05) is 23.3 Å². The standard InChI is InChI=1S/C20H23ClO6S/c1-12(11-28(24,25)15-8-6-14(21)7-9-15)5-10-16-13(2)17(22)19(26-3)20(27-4)18(16)23/h5-9,22-23H,10-11H2,1-4H3. The van der Waals surface area contributed by atoms with E-state index in [2.05, 4.69) is 0 Å². The molecule has 0 saturated heterocycles. The number of phenolic OH excluding ortho intramolecular Hbond substituents is 2. The number of ether oxygens (including phenoxy) is 2. The van der Waals surface area contributed by atoms with Gasteiger partial charge in [0.15, 0.2) is 21.3 Å². The van der Waals surface area contributed by atoms with Gasteiger partial charge in [-0.2, -0.15) is 0 Å². The smallest absolute Gasteiger partial charge is 0.207 e. The van der Waals surface area contributed by atoms with Crippen molar-refractivity contribution in [2.75, 3.05) is 20.0 Å². The van der Waals surface area contributed by atoms with E-state index in [0.29, 0.717) is 21.7 Å². The Morgan fingerprint density at radius 1 is 1.07 bits per heavy atom.